The van der Waals surface area contributed by atoms with E-state index >= 15 is 0 Å². The van der Waals surface area contributed by atoms with Gasteiger partial charge >= 0.3 is 5.97 Å². The first-order chi connectivity index (χ1) is 14.1. The van der Waals surface area contributed by atoms with Crippen LogP contribution in [0.1, 0.15) is 23.8 Å². The quantitative estimate of drug-likeness (QED) is 0.694. The first kappa shape index (κ1) is 18.9. The lowest BCUT2D eigenvalue weighted by molar-refractivity contribution is -0.141. The fourth-order valence-electron chi connectivity index (χ4n) is 3.72. The van der Waals surface area contributed by atoms with Gasteiger partial charge in [-0.3, -0.25) is 9.59 Å². The summed E-state index contributed by atoms with van der Waals surface area (Å²) in [6.45, 7) is 0.617. The number of nitrogens with zero attached hydrogens (tertiary/aromatic N) is 3. The van der Waals surface area contributed by atoms with E-state index in [1.54, 1.807) is 4.90 Å². The number of carboxylic acid groups (broad SMARTS) is 1. The number of carbonyl (C=O) groups excluding carboxylic acids is 1. The molecule has 0 radical (unpaired) electrons. The van der Waals surface area contributed by atoms with Crippen LogP contribution >= 0.6 is 0 Å². The van der Waals surface area contributed by atoms with Crippen molar-refractivity contribution < 1.29 is 19.1 Å². The van der Waals surface area contributed by atoms with Gasteiger partial charge in [-0.25, -0.2) is 0 Å². The van der Waals surface area contributed by atoms with Gasteiger partial charge in [-0.05, 0) is 17.7 Å². The zero-order valence-electron chi connectivity index (χ0n) is 15.8. The lowest BCUT2D eigenvalue weighted by Crippen LogP contribution is -2.30. The number of carboxylic acids is 1. The SMILES string of the molecule is O=C(O)C1CN(C(=O)CCc2nnc(-c3ccccc3)o2)CC1c1ccccc1. The predicted molar refractivity (Wildman–Crippen MR) is 105 cm³/mol. The number of carbonyl (C=O) groups is 2. The van der Waals surface area contributed by atoms with Crippen LogP contribution in [0, 0.1) is 5.92 Å². The van der Waals surface area contributed by atoms with E-state index in [1.807, 2.05) is 60.7 Å². The number of hydrogen-bond acceptors (Lipinski definition) is 5. The molecule has 1 aromatic heterocycles. The Kier molecular flexibility index (Phi) is 5.37. The molecule has 2 heterocycles. The largest absolute Gasteiger partial charge is 0.481 e. The van der Waals surface area contributed by atoms with Crippen molar-refractivity contribution in [3.8, 4) is 11.5 Å². The van der Waals surface area contributed by atoms with Crippen molar-refractivity contribution in [2.75, 3.05) is 13.1 Å². The number of aliphatic carboxylic acids is 1. The molecular formula is C22H21N3O4. The fourth-order valence-corrected chi connectivity index (χ4v) is 3.72. The Morgan fingerprint density at radius 2 is 1.69 bits per heavy atom. The van der Waals surface area contributed by atoms with Crippen molar-refractivity contribution in [2.24, 2.45) is 5.92 Å². The highest BCUT2D eigenvalue weighted by Gasteiger charge is 2.40. The van der Waals surface area contributed by atoms with Crippen LogP contribution in [-0.4, -0.2) is 45.2 Å². The Balaban J connectivity index is 1.39. The number of benzene rings is 2. The van der Waals surface area contributed by atoms with Crippen molar-refractivity contribution in [1.29, 1.82) is 0 Å². The van der Waals surface area contributed by atoms with Crippen molar-refractivity contribution in [2.45, 2.75) is 18.8 Å². The average molecular weight is 391 g/mol. The standard InChI is InChI=1S/C22H21N3O4/c26-20(12-11-19-23-24-21(29-19)16-9-5-2-6-10-16)25-13-17(18(14-25)22(27)28)15-7-3-1-4-8-15/h1-10,17-18H,11-14H2,(H,27,28). The topological polar surface area (TPSA) is 96.5 Å². The zero-order chi connectivity index (χ0) is 20.2. The van der Waals surface area contributed by atoms with E-state index < -0.39 is 11.9 Å². The molecule has 29 heavy (non-hydrogen) atoms. The normalized spacial score (nSPS) is 18.7. The maximum Gasteiger partial charge on any atom is 0.308 e. The van der Waals surface area contributed by atoms with Crippen LogP contribution in [0.5, 0.6) is 0 Å². The van der Waals surface area contributed by atoms with E-state index in [0.29, 0.717) is 24.7 Å². The third kappa shape index (κ3) is 4.18. The Morgan fingerprint density at radius 1 is 1.00 bits per heavy atom. The van der Waals surface area contributed by atoms with Gasteiger partial charge in [-0.2, -0.15) is 0 Å². The highest BCUT2D eigenvalue weighted by Crippen LogP contribution is 2.33. The van der Waals surface area contributed by atoms with Gasteiger partial charge in [0, 0.05) is 37.4 Å². The average Bonchev–Trinajstić information content (AvgIpc) is 3.41. The van der Waals surface area contributed by atoms with Crippen molar-refractivity contribution in [3.63, 3.8) is 0 Å². The third-order valence-electron chi connectivity index (χ3n) is 5.26. The van der Waals surface area contributed by atoms with E-state index in [4.69, 9.17) is 4.42 Å². The summed E-state index contributed by atoms with van der Waals surface area (Å²) in [7, 11) is 0. The van der Waals surface area contributed by atoms with Gasteiger partial charge in [0.05, 0.1) is 5.92 Å². The van der Waals surface area contributed by atoms with Gasteiger partial charge in [0.2, 0.25) is 17.7 Å². The van der Waals surface area contributed by atoms with Crippen LogP contribution in [0.15, 0.2) is 65.1 Å². The van der Waals surface area contributed by atoms with E-state index in [9.17, 15) is 14.7 Å². The second-order valence-corrected chi connectivity index (χ2v) is 7.13. The number of amides is 1. The second kappa shape index (κ2) is 8.26. The van der Waals surface area contributed by atoms with Gasteiger partial charge in [0.15, 0.2) is 0 Å². The molecule has 4 rings (SSSR count). The molecule has 1 amide bonds. The summed E-state index contributed by atoms with van der Waals surface area (Å²) >= 11 is 0. The molecule has 1 N–H and O–H groups in total. The molecule has 148 valence electrons. The Hall–Kier alpha value is -3.48. The molecule has 2 aromatic carbocycles. The number of hydrogen-bond donors (Lipinski definition) is 1. The second-order valence-electron chi connectivity index (χ2n) is 7.13. The van der Waals surface area contributed by atoms with E-state index in [0.717, 1.165) is 11.1 Å². The molecule has 1 aliphatic rings. The minimum absolute atomic E-state index is 0.103. The van der Waals surface area contributed by atoms with Gasteiger partial charge < -0.3 is 14.4 Å². The first-order valence-electron chi connectivity index (χ1n) is 9.55. The molecule has 3 aromatic rings. The van der Waals surface area contributed by atoms with Crippen LogP contribution in [0.2, 0.25) is 0 Å². The maximum absolute atomic E-state index is 12.7. The monoisotopic (exact) mass is 391 g/mol. The minimum atomic E-state index is -0.876. The van der Waals surface area contributed by atoms with Gasteiger partial charge in [-0.1, -0.05) is 48.5 Å². The molecule has 0 saturated carbocycles. The molecular weight excluding hydrogens is 370 g/mol. The number of aromatic nitrogens is 2. The number of aryl methyl sites for hydroxylation is 1. The molecule has 0 aliphatic carbocycles. The number of likely N-dealkylation sites (tertiary alicyclic amines) is 1. The maximum atomic E-state index is 12.7. The van der Waals surface area contributed by atoms with E-state index in [1.165, 1.54) is 0 Å². The molecule has 7 nitrogen and oxygen atoms in total. The summed E-state index contributed by atoms with van der Waals surface area (Å²) in [5, 5.41) is 17.6. The molecule has 1 aliphatic heterocycles. The smallest absolute Gasteiger partial charge is 0.308 e. The van der Waals surface area contributed by atoms with Crippen LogP contribution in [0.25, 0.3) is 11.5 Å². The minimum Gasteiger partial charge on any atom is -0.481 e. The first-order valence-corrected chi connectivity index (χ1v) is 9.55. The van der Waals surface area contributed by atoms with E-state index in [2.05, 4.69) is 10.2 Å². The van der Waals surface area contributed by atoms with Crippen molar-refractivity contribution in [1.82, 2.24) is 15.1 Å². The van der Waals surface area contributed by atoms with Crippen molar-refractivity contribution in [3.05, 3.63) is 72.1 Å². The molecule has 7 heteroatoms. The molecule has 2 atom stereocenters. The van der Waals surface area contributed by atoms with Crippen molar-refractivity contribution >= 4 is 11.9 Å². The highest BCUT2D eigenvalue weighted by molar-refractivity contribution is 5.79. The van der Waals surface area contributed by atoms with Crippen LogP contribution in [0.4, 0.5) is 0 Å². The highest BCUT2D eigenvalue weighted by atomic mass is 16.4. The summed E-state index contributed by atoms with van der Waals surface area (Å²) in [5.41, 5.74) is 1.77. The zero-order valence-corrected chi connectivity index (χ0v) is 15.8. The van der Waals surface area contributed by atoms with Crippen LogP contribution in [0.3, 0.4) is 0 Å². The summed E-state index contributed by atoms with van der Waals surface area (Å²) in [6, 6.07) is 18.9. The fraction of sp³-hybridized carbons (Fsp3) is 0.273. The molecule has 0 bridgehead atoms. The Morgan fingerprint density at radius 3 is 2.38 bits per heavy atom. The van der Waals surface area contributed by atoms with Gasteiger partial charge in [-0.15, -0.1) is 10.2 Å². The summed E-state index contributed by atoms with van der Waals surface area (Å²) in [6.07, 6.45) is 0.521. The van der Waals surface area contributed by atoms with Crippen LogP contribution < -0.4 is 0 Å². The summed E-state index contributed by atoms with van der Waals surface area (Å²) in [4.78, 5) is 26.0. The van der Waals surface area contributed by atoms with Gasteiger partial charge in [0.1, 0.15) is 0 Å². The number of rotatable bonds is 6. The molecule has 2 unspecified atom stereocenters. The predicted octanol–water partition coefficient (Wildman–Crippen LogP) is 3.00. The summed E-state index contributed by atoms with van der Waals surface area (Å²) in [5.74, 6) is -0.969. The van der Waals surface area contributed by atoms with Crippen LogP contribution in [-0.2, 0) is 16.0 Å². The Bertz CT molecular complexity index is 988. The summed E-state index contributed by atoms with van der Waals surface area (Å²) < 4.78 is 5.65. The lowest BCUT2D eigenvalue weighted by Gasteiger charge is -2.16. The van der Waals surface area contributed by atoms with Gasteiger partial charge in [0.25, 0.3) is 0 Å². The lowest BCUT2D eigenvalue weighted by atomic mass is 9.89. The molecule has 1 saturated heterocycles. The van der Waals surface area contributed by atoms with E-state index in [-0.39, 0.29) is 24.8 Å². The molecule has 1 fully saturated rings. The Labute approximate surface area is 168 Å². The molecule has 0 spiro atoms. The third-order valence-corrected chi connectivity index (χ3v) is 5.26.